The number of nitrogens with zero attached hydrogens (tertiary/aromatic N) is 2. The van der Waals surface area contributed by atoms with Gasteiger partial charge in [0.1, 0.15) is 5.15 Å². The fourth-order valence-electron chi connectivity index (χ4n) is 1.75. The normalized spacial score (nSPS) is 22.2. The Kier molecular flexibility index (Phi) is 3.89. The van der Waals surface area contributed by atoms with Crippen molar-refractivity contribution in [2.24, 2.45) is 5.92 Å². The molecule has 16 heavy (non-hydrogen) atoms. The number of hydrogen-bond donors (Lipinski definition) is 1. The third-order valence-corrected chi connectivity index (χ3v) is 4.11. The molecule has 0 unspecified atom stereocenters. The van der Waals surface area contributed by atoms with Crippen LogP contribution in [0, 0.1) is 12.8 Å². The van der Waals surface area contributed by atoms with E-state index >= 15 is 0 Å². The van der Waals surface area contributed by atoms with E-state index in [0.717, 1.165) is 25.2 Å². The van der Waals surface area contributed by atoms with E-state index in [-0.39, 0.29) is 0 Å². The van der Waals surface area contributed by atoms with Crippen molar-refractivity contribution < 1.29 is 4.21 Å². The first-order valence-electron chi connectivity index (χ1n) is 5.25. The molecule has 0 spiro atoms. The second-order valence-electron chi connectivity index (χ2n) is 3.99. The molecule has 1 aliphatic heterocycles. The summed E-state index contributed by atoms with van der Waals surface area (Å²) in [5.41, 5.74) is 0.757. The second-order valence-corrected chi connectivity index (χ2v) is 5.76. The highest BCUT2D eigenvalue weighted by molar-refractivity contribution is 7.84. The lowest BCUT2D eigenvalue weighted by Crippen LogP contribution is -2.16. The fraction of sp³-hybridized carbons (Fsp3) is 0.600. The summed E-state index contributed by atoms with van der Waals surface area (Å²) in [4.78, 5) is 8.17. The Morgan fingerprint density at radius 3 is 3.06 bits per heavy atom. The van der Waals surface area contributed by atoms with Crippen LogP contribution < -0.4 is 5.32 Å². The summed E-state index contributed by atoms with van der Waals surface area (Å²) in [5, 5.41) is 3.97. The summed E-state index contributed by atoms with van der Waals surface area (Å²) >= 11 is 5.81. The molecule has 2 atom stereocenters. The van der Waals surface area contributed by atoms with Crippen LogP contribution in [0.4, 0.5) is 0 Å². The van der Waals surface area contributed by atoms with E-state index in [2.05, 4.69) is 15.3 Å². The Bertz CT molecular complexity index is 387. The zero-order chi connectivity index (χ0) is 11.5. The lowest BCUT2D eigenvalue weighted by Gasteiger charge is -2.07. The van der Waals surface area contributed by atoms with Gasteiger partial charge in [-0.3, -0.25) is 4.21 Å². The molecule has 6 heteroatoms. The van der Waals surface area contributed by atoms with Crippen molar-refractivity contribution in [2.75, 3.05) is 18.8 Å². The molecule has 0 aliphatic carbocycles. The standard InChI is InChI=1S/C10H14ClN3OS/c1-7-4-9(11)14-10(13-7)16(15)6-8-2-3-12-5-8/h4,8,12H,2-3,5-6H2,1H3/t8-,16+/m0/s1. The first kappa shape index (κ1) is 12.0. The molecule has 0 saturated carbocycles. The second kappa shape index (κ2) is 5.21. The van der Waals surface area contributed by atoms with Crippen LogP contribution >= 0.6 is 11.6 Å². The van der Waals surface area contributed by atoms with Gasteiger partial charge in [0.2, 0.25) is 5.16 Å². The molecule has 1 saturated heterocycles. The third-order valence-electron chi connectivity index (χ3n) is 2.56. The molecule has 1 N–H and O–H groups in total. The third kappa shape index (κ3) is 2.99. The van der Waals surface area contributed by atoms with Crippen LogP contribution in [0.15, 0.2) is 11.2 Å². The average Bonchev–Trinajstić information content (AvgIpc) is 2.68. The molecule has 1 aliphatic rings. The molecule has 88 valence electrons. The Labute approximate surface area is 102 Å². The van der Waals surface area contributed by atoms with Crippen LogP contribution in [-0.2, 0) is 10.8 Å². The minimum atomic E-state index is -1.14. The van der Waals surface area contributed by atoms with Crippen molar-refractivity contribution in [3.63, 3.8) is 0 Å². The Morgan fingerprint density at radius 1 is 1.62 bits per heavy atom. The smallest absolute Gasteiger partial charge is 0.220 e. The summed E-state index contributed by atoms with van der Waals surface area (Å²) in [6, 6.07) is 1.67. The van der Waals surface area contributed by atoms with Crippen LogP contribution in [0.1, 0.15) is 12.1 Å². The van der Waals surface area contributed by atoms with Gasteiger partial charge in [-0.15, -0.1) is 0 Å². The quantitative estimate of drug-likeness (QED) is 0.654. The van der Waals surface area contributed by atoms with E-state index in [9.17, 15) is 4.21 Å². The molecule has 0 bridgehead atoms. The van der Waals surface area contributed by atoms with Gasteiger partial charge >= 0.3 is 0 Å². The highest BCUT2D eigenvalue weighted by Crippen LogP contribution is 2.14. The van der Waals surface area contributed by atoms with E-state index in [1.54, 1.807) is 6.07 Å². The van der Waals surface area contributed by atoms with Crippen LogP contribution in [0.3, 0.4) is 0 Å². The van der Waals surface area contributed by atoms with Crippen molar-refractivity contribution in [2.45, 2.75) is 18.5 Å². The lowest BCUT2D eigenvalue weighted by atomic mass is 10.2. The number of aromatic nitrogens is 2. The van der Waals surface area contributed by atoms with Gasteiger partial charge < -0.3 is 5.32 Å². The number of rotatable bonds is 3. The number of halogens is 1. The number of aryl methyl sites for hydroxylation is 1. The maximum Gasteiger partial charge on any atom is 0.220 e. The highest BCUT2D eigenvalue weighted by atomic mass is 35.5. The van der Waals surface area contributed by atoms with Crippen LogP contribution in [0.25, 0.3) is 0 Å². The van der Waals surface area contributed by atoms with Crippen LogP contribution in [-0.4, -0.2) is 33.0 Å². The molecule has 1 fully saturated rings. The van der Waals surface area contributed by atoms with E-state index in [0.29, 0.717) is 22.0 Å². The Balaban J connectivity index is 2.07. The first-order valence-corrected chi connectivity index (χ1v) is 6.95. The molecule has 0 radical (unpaired) electrons. The number of nitrogens with one attached hydrogen (secondary N) is 1. The average molecular weight is 260 g/mol. The SMILES string of the molecule is Cc1cc(Cl)nc([S@](=O)C[C@H]2CCNC2)n1. The zero-order valence-electron chi connectivity index (χ0n) is 9.07. The molecule has 0 amide bonds. The van der Waals surface area contributed by atoms with E-state index in [1.807, 2.05) is 6.92 Å². The van der Waals surface area contributed by atoms with Gasteiger partial charge in [-0.05, 0) is 38.4 Å². The van der Waals surface area contributed by atoms with Crippen molar-refractivity contribution in [3.8, 4) is 0 Å². The van der Waals surface area contributed by atoms with Crippen LogP contribution in [0.2, 0.25) is 5.15 Å². The Morgan fingerprint density at radius 2 is 2.44 bits per heavy atom. The molecule has 4 nitrogen and oxygen atoms in total. The fourth-order valence-corrected chi connectivity index (χ4v) is 3.35. The molecule has 1 aromatic rings. The monoisotopic (exact) mass is 259 g/mol. The highest BCUT2D eigenvalue weighted by Gasteiger charge is 2.19. The summed E-state index contributed by atoms with van der Waals surface area (Å²) < 4.78 is 12.0. The van der Waals surface area contributed by atoms with E-state index < -0.39 is 10.8 Å². The van der Waals surface area contributed by atoms with Gasteiger partial charge in [0.25, 0.3) is 0 Å². The predicted octanol–water partition coefficient (Wildman–Crippen LogP) is 1.16. The molecule has 1 aromatic heterocycles. The minimum Gasteiger partial charge on any atom is -0.316 e. The summed E-state index contributed by atoms with van der Waals surface area (Å²) in [7, 11) is -1.14. The summed E-state index contributed by atoms with van der Waals surface area (Å²) in [6.45, 7) is 3.77. The topological polar surface area (TPSA) is 54.9 Å². The maximum atomic E-state index is 12.0. The lowest BCUT2D eigenvalue weighted by molar-refractivity contribution is 0.627. The van der Waals surface area contributed by atoms with Crippen molar-refractivity contribution in [1.82, 2.24) is 15.3 Å². The van der Waals surface area contributed by atoms with Gasteiger partial charge in [0, 0.05) is 11.4 Å². The van der Waals surface area contributed by atoms with Gasteiger partial charge in [-0.2, -0.15) is 0 Å². The molecular formula is C10H14ClN3OS. The van der Waals surface area contributed by atoms with Gasteiger partial charge in [0.05, 0.1) is 10.8 Å². The summed E-state index contributed by atoms with van der Waals surface area (Å²) in [6.07, 6.45) is 1.07. The predicted molar refractivity (Wildman–Crippen MR) is 64.0 cm³/mol. The minimum absolute atomic E-state index is 0.358. The van der Waals surface area contributed by atoms with E-state index in [1.165, 1.54) is 0 Å². The summed E-state index contributed by atoms with van der Waals surface area (Å²) in [5.74, 6) is 1.08. The molecular weight excluding hydrogens is 246 g/mol. The largest absolute Gasteiger partial charge is 0.316 e. The van der Waals surface area contributed by atoms with E-state index in [4.69, 9.17) is 11.6 Å². The van der Waals surface area contributed by atoms with Gasteiger partial charge in [-0.1, -0.05) is 11.6 Å². The zero-order valence-corrected chi connectivity index (χ0v) is 10.6. The Hall–Kier alpha value is -0.520. The van der Waals surface area contributed by atoms with Gasteiger partial charge in [-0.25, -0.2) is 9.97 Å². The molecule has 0 aromatic carbocycles. The maximum absolute atomic E-state index is 12.0. The van der Waals surface area contributed by atoms with Crippen molar-refractivity contribution in [3.05, 3.63) is 16.9 Å². The first-order chi connectivity index (χ1) is 7.65. The number of hydrogen-bond acceptors (Lipinski definition) is 4. The molecule has 2 heterocycles. The molecule has 2 rings (SSSR count). The van der Waals surface area contributed by atoms with Crippen molar-refractivity contribution >= 4 is 22.4 Å². The van der Waals surface area contributed by atoms with Gasteiger partial charge in [0.15, 0.2) is 0 Å². The van der Waals surface area contributed by atoms with Crippen molar-refractivity contribution in [1.29, 1.82) is 0 Å². The van der Waals surface area contributed by atoms with Crippen LogP contribution in [0.5, 0.6) is 0 Å².